The number of imidazole rings is 1. The minimum atomic E-state index is -4.01. The molecule has 4 saturated heterocycles. The van der Waals surface area contributed by atoms with E-state index in [-0.39, 0.29) is 137 Å². The molecule has 5 aromatic carbocycles. The molecule has 4 aliphatic rings. The Hall–Kier alpha value is -9.21. The number of nitrogens with one attached hydrogen (secondary N) is 4. The first kappa shape index (κ1) is 101. The van der Waals surface area contributed by atoms with Crippen molar-refractivity contribution < 1.29 is 109 Å². The summed E-state index contributed by atoms with van der Waals surface area (Å²) in [6.45, 7) is 20.5. The van der Waals surface area contributed by atoms with Gasteiger partial charge in [-0.15, -0.1) is 0 Å². The average Bonchev–Trinajstić information content (AvgIpc) is 1.77. The van der Waals surface area contributed by atoms with Crippen LogP contribution in [0.5, 0.6) is 0 Å². The first-order chi connectivity index (χ1) is 56.8. The van der Waals surface area contributed by atoms with E-state index in [0.717, 1.165) is 48.3 Å². The standard InChI is InChI=1S/C22H25ClFN3O5S.C20H25ClFN5O5S.C18H25ClFN3O5S.C17H23ClFN3O5S/c1-22(2,3)32-21(29)27-12-11-26(33(30,31)16-7-5-4-6-8-16)14-19(27)20(28)25-15-9-10-17(23)18(24)13-15;1-20(2,3)32-19(29)27-8-7-26(33(30,31)17-11-25(4)12-23-17)10-16(27)18(28)24-13-5-6-14(21)15(22)9-13;1-5-29(26,27)22-8-9-23(17(25)28-18(2,3)4)15(11-22)16(24)21-12-6-7-13(19)14(20)10-12;1-17(2,3)27-16(24)22-8-7-21(28(4,25)26)10-14(22)15(23)20-11-5-6-12(18)13(19)9-11/h4-10,13,19H,11-12,14H2,1-3H3,(H,25,28);5-6,9,11-12,16H,7-8,10H2,1-4H3,(H,24,28);6-7,10,15H,5,8-9,11H2,1-4H3,(H,21,24);5-6,9,14H,7-8,10H2,1-4H3,(H,20,23). The predicted octanol–water partition coefficient (Wildman–Crippen LogP) is 11.2. The monoisotopic (exact) mass is 1880 g/mol. The maximum Gasteiger partial charge on any atom is 0.411 e. The summed E-state index contributed by atoms with van der Waals surface area (Å²) in [5.74, 6) is -5.74. The minimum absolute atomic E-state index is 0.0127. The molecular weight excluding hydrogens is 1790 g/mol. The van der Waals surface area contributed by atoms with E-state index >= 15 is 0 Å². The van der Waals surface area contributed by atoms with Gasteiger partial charge in [0.15, 0.2) is 5.03 Å². The van der Waals surface area contributed by atoms with E-state index in [1.54, 1.807) is 108 Å². The predicted molar refractivity (Wildman–Crippen MR) is 452 cm³/mol. The van der Waals surface area contributed by atoms with Crippen LogP contribution in [0.4, 0.5) is 59.5 Å². The second kappa shape index (κ2) is 41.3. The summed E-state index contributed by atoms with van der Waals surface area (Å²) in [7, 11) is -13.4. The largest absolute Gasteiger partial charge is 0.444 e. The number of carbonyl (C=O) groups is 8. The van der Waals surface area contributed by atoms with Crippen molar-refractivity contribution in [2.75, 3.05) is 112 Å². The van der Waals surface area contributed by atoms with Gasteiger partial charge in [0.05, 0.1) is 43.3 Å². The van der Waals surface area contributed by atoms with Crippen molar-refractivity contribution in [3.05, 3.63) is 159 Å². The highest BCUT2D eigenvalue weighted by Gasteiger charge is 2.46. The molecule has 34 nitrogen and oxygen atoms in total. The molecule has 5 heterocycles. The number of benzene rings is 5. The van der Waals surface area contributed by atoms with Crippen LogP contribution in [0, 0.1) is 23.3 Å². The molecule has 676 valence electrons. The zero-order chi connectivity index (χ0) is 92.2. The molecule has 1 aromatic heterocycles. The molecule has 46 heteroatoms. The zero-order valence-corrected chi connectivity index (χ0v) is 76.1. The maximum atomic E-state index is 13.8. The summed E-state index contributed by atoms with van der Waals surface area (Å²) in [4.78, 5) is 111. The van der Waals surface area contributed by atoms with Crippen LogP contribution in [0.15, 0.2) is 126 Å². The van der Waals surface area contributed by atoms with E-state index in [1.165, 1.54) is 104 Å². The Morgan fingerprint density at radius 3 is 0.935 bits per heavy atom. The Kier molecular flexibility index (Phi) is 33.9. The normalized spacial score (nSPS) is 18.0. The lowest BCUT2D eigenvalue weighted by molar-refractivity contribution is -0.123. The molecule has 4 atom stereocenters. The van der Waals surface area contributed by atoms with E-state index in [1.807, 2.05) is 0 Å². The lowest BCUT2D eigenvalue weighted by Crippen LogP contribution is -2.61. The summed E-state index contributed by atoms with van der Waals surface area (Å²) >= 11 is 22.7. The number of hydrogen-bond acceptors (Lipinski definition) is 21. The zero-order valence-electron chi connectivity index (χ0n) is 69.8. The average molecular weight is 1890 g/mol. The van der Waals surface area contributed by atoms with Crippen LogP contribution in [-0.4, -0.2) is 265 Å². The molecule has 123 heavy (non-hydrogen) atoms. The van der Waals surface area contributed by atoms with Crippen molar-refractivity contribution in [1.29, 1.82) is 0 Å². The summed E-state index contributed by atoms with van der Waals surface area (Å²) in [5, 5.41) is 9.44. The molecule has 4 fully saturated rings. The van der Waals surface area contributed by atoms with Gasteiger partial charge in [-0.1, -0.05) is 64.6 Å². The molecule has 10 rings (SSSR count). The second-order valence-corrected chi connectivity index (χ2v) is 41.7. The van der Waals surface area contributed by atoms with Crippen molar-refractivity contribution in [2.45, 2.75) is 147 Å². The third kappa shape index (κ3) is 28.9. The molecule has 6 aromatic rings. The molecule has 0 spiro atoms. The number of carbonyl (C=O) groups excluding carboxylic acids is 8. The van der Waals surface area contributed by atoms with E-state index in [2.05, 4.69) is 26.3 Å². The highest BCUT2D eigenvalue weighted by atomic mass is 35.5. The van der Waals surface area contributed by atoms with Crippen LogP contribution in [0.3, 0.4) is 0 Å². The number of amides is 8. The number of aryl methyl sites for hydroxylation is 1. The fourth-order valence-corrected chi connectivity index (χ4v) is 17.1. The van der Waals surface area contributed by atoms with Gasteiger partial charge in [0.25, 0.3) is 10.0 Å². The molecule has 4 unspecified atom stereocenters. The van der Waals surface area contributed by atoms with Crippen molar-refractivity contribution in [3.63, 3.8) is 0 Å². The van der Waals surface area contributed by atoms with Crippen LogP contribution in [0.25, 0.3) is 0 Å². The topological polar surface area (TPSA) is 402 Å². The Balaban J connectivity index is 0.000000226. The lowest BCUT2D eigenvalue weighted by Gasteiger charge is -2.40. The van der Waals surface area contributed by atoms with E-state index in [0.29, 0.717) is 0 Å². The van der Waals surface area contributed by atoms with Crippen molar-refractivity contribution in [2.24, 2.45) is 7.05 Å². The van der Waals surface area contributed by atoms with Gasteiger partial charge >= 0.3 is 24.4 Å². The Morgan fingerprint density at radius 2 is 0.675 bits per heavy atom. The number of sulfonamides is 4. The quantitative estimate of drug-likeness (QED) is 0.0548. The van der Waals surface area contributed by atoms with Crippen molar-refractivity contribution in [1.82, 2.24) is 46.4 Å². The van der Waals surface area contributed by atoms with Crippen LogP contribution >= 0.6 is 46.4 Å². The Morgan fingerprint density at radius 1 is 0.407 bits per heavy atom. The summed E-state index contributed by atoms with van der Waals surface area (Å²) in [6, 6.07) is 18.0. The van der Waals surface area contributed by atoms with E-state index in [4.69, 9.17) is 65.4 Å². The van der Waals surface area contributed by atoms with Crippen LogP contribution in [-0.2, 0) is 85.3 Å². The maximum absolute atomic E-state index is 13.8. The first-order valence-electron chi connectivity index (χ1n) is 37.8. The minimum Gasteiger partial charge on any atom is -0.444 e. The van der Waals surface area contributed by atoms with E-state index in [9.17, 15) is 89.6 Å². The van der Waals surface area contributed by atoms with Gasteiger partial charge in [0.2, 0.25) is 53.7 Å². The lowest BCUT2D eigenvalue weighted by atomic mass is 10.1. The van der Waals surface area contributed by atoms with Gasteiger partial charge in [-0.2, -0.15) is 17.2 Å². The van der Waals surface area contributed by atoms with Crippen LogP contribution in [0.1, 0.15) is 90.0 Å². The SMILES string of the molecule is CC(C)(C)OC(=O)N1CCN(S(=O)(=O)c2ccccc2)CC1C(=O)Nc1ccc(Cl)c(F)c1.CC(C)(C)OC(=O)N1CCN(S(C)(=O)=O)CC1C(=O)Nc1ccc(Cl)c(F)c1.CCS(=O)(=O)N1CCN(C(=O)OC(C)(C)C)C(C(=O)Nc2ccc(Cl)c(F)c2)C1.Cn1cnc(S(=O)(=O)N2CCN(C(=O)OC(C)(C)C)C(C(=O)Nc3ccc(Cl)c(F)c3)C2)c1. The third-order valence-corrected chi connectivity index (χ3v) is 25.7. The number of anilines is 4. The molecule has 0 bridgehead atoms. The van der Waals surface area contributed by atoms with Crippen LogP contribution < -0.4 is 21.3 Å². The number of halogens is 8. The van der Waals surface area contributed by atoms with Gasteiger partial charge < -0.3 is 44.8 Å². The van der Waals surface area contributed by atoms with Gasteiger partial charge in [-0.25, -0.2) is 75.4 Å². The molecule has 4 N–H and O–H groups in total. The second-order valence-electron chi connectivity index (χ2n) is 32.0. The summed E-state index contributed by atoms with van der Waals surface area (Å²) in [6.07, 6.45) is 0.752. The van der Waals surface area contributed by atoms with Gasteiger partial charge in [-0.3, -0.25) is 38.8 Å². The first-order valence-corrected chi connectivity index (χ1v) is 45.6. The van der Waals surface area contributed by atoms with Crippen molar-refractivity contribution in [3.8, 4) is 0 Å². The fourth-order valence-electron chi connectivity index (χ4n) is 11.9. The molecule has 8 amide bonds. The third-order valence-electron chi connectivity index (χ3n) is 17.7. The van der Waals surface area contributed by atoms with Crippen molar-refractivity contribution >= 4 is 157 Å². The number of piperazine rings is 4. The Labute approximate surface area is 731 Å². The van der Waals surface area contributed by atoms with Gasteiger partial charge in [0.1, 0.15) is 69.8 Å². The Bertz CT molecular complexity index is 5360. The van der Waals surface area contributed by atoms with Crippen LogP contribution in [0.2, 0.25) is 20.1 Å². The highest BCUT2D eigenvalue weighted by molar-refractivity contribution is 7.89. The molecule has 4 aliphatic heterocycles. The smallest absolute Gasteiger partial charge is 0.411 e. The molecule has 0 saturated carbocycles. The number of nitrogens with zero attached hydrogens (tertiary/aromatic N) is 10. The molecule has 0 aliphatic carbocycles. The molecular formula is C77H98Cl4F4N14O20S4. The number of rotatable bonds is 15. The number of hydrogen-bond donors (Lipinski definition) is 4. The summed E-state index contributed by atoms with van der Waals surface area (Å²) < 4.78 is 183. The molecule has 0 radical (unpaired) electrons. The van der Waals surface area contributed by atoms with Gasteiger partial charge in [-0.05, 0) is 175 Å². The number of ether oxygens (including phenoxy) is 4. The fraction of sp³-hybridized carbons (Fsp3) is 0.468. The summed E-state index contributed by atoms with van der Waals surface area (Å²) in [5.41, 5.74) is -2.72. The highest BCUT2D eigenvalue weighted by Crippen LogP contribution is 2.31. The number of aromatic nitrogens is 2. The van der Waals surface area contributed by atoms with E-state index < -0.39 is 158 Å². The van der Waals surface area contributed by atoms with Gasteiger partial charge in [0, 0.05) is 115 Å².